The Morgan fingerprint density at radius 1 is 0.886 bits per heavy atom. The third-order valence-electron chi connectivity index (χ3n) is 5.70. The number of hydrogen-bond donors (Lipinski definition) is 1. The van der Waals surface area contributed by atoms with Crippen LogP contribution in [0.15, 0.2) is 89.5 Å². The molecule has 180 valence electrons. The third-order valence-corrected chi connectivity index (χ3v) is 5.70. The van der Waals surface area contributed by atoms with Crippen LogP contribution < -0.4 is 5.32 Å². The van der Waals surface area contributed by atoms with Crippen molar-refractivity contribution in [2.24, 2.45) is 0 Å². The second-order valence-electron chi connectivity index (χ2n) is 8.33. The Morgan fingerprint density at radius 2 is 1.66 bits per heavy atom. The number of rotatable bonds is 9. The molecule has 7 heteroatoms. The summed E-state index contributed by atoms with van der Waals surface area (Å²) in [5.74, 6) is 0.0619. The van der Waals surface area contributed by atoms with E-state index in [1.807, 2.05) is 49.4 Å². The van der Waals surface area contributed by atoms with Crippen molar-refractivity contribution in [1.29, 1.82) is 0 Å². The summed E-state index contributed by atoms with van der Waals surface area (Å²) in [7, 11) is 0. The minimum absolute atomic E-state index is 0.0909. The van der Waals surface area contributed by atoms with Crippen LogP contribution in [-0.2, 0) is 17.9 Å². The number of carbonyl (C=O) groups is 2. The van der Waals surface area contributed by atoms with Crippen LogP contribution in [0.3, 0.4) is 0 Å². The summed E-state index contributed by atoms with van der Waals surface area (Å²) in [5.41, 5.74) is 1.48. The van der Waals surface area contributed by atoms with Gasteiger partial charge < -0.3 is 19.5 Å². The van der Waals surface area contributed by atoms with Crippen LogP contribution in [0.2, 0.25) is 0 Å². The second-order valence-corrected chi connectivity index (χ2v) is 8.33. The highest BCUT2D eigenvalue weighted by molar-refractivity contribution is 6.02. The van der Waals surface area contributed by atoms with E-state index in [4.69, 9.17) is 4.42 Å². The number of benzene rings is 3. The fraction of sp³-hybridized carbons (Fsp3) is 0.214. The molecule has 0 fully saturated rings. The Balaban J connectivity index is 1.51. The van der Waals surface area contributed by atoms with E-state index in [0.717, 1.165) is 16.3 Å². The molecule has 0 aliphatic heterocycles. The average Bonchev–Trinajstić information content (AvgIpc) is 3.38. The molecule has 3 amide bonds. The lowest BCUT2D eigenvalue weighted by Gasteiger charge is -2.27. The Hall–Kier alpha value is -4.13. The topological polar surface area (TPSA) is 65.8 Å². The molecule has 4 aromatic rings. The molecule has 0 aliphatic rings. The third kappa shape index (κ3) is 6.26. The number of nitrogens with one attached hydrogen (secondary N) is 1. The van der Waals surface area contributed by atoms with Crippen LogP contribution in [0.5, 0.6) is 0 Å². The van der Waals surface area contributed by atoms with Crippen molar-refractivity contribution in [3.05, 3.63) is 102 Å². The first-order chi connectivity index (χ1) is 17.0. The van der Waals surface area contributed by atoms with E-state index in [9.17, 15) is 14.0 Å². The van der Waals surface area contributed by atoms with Crippen molar-refractivity contribution in [3.8, 4) is 0 Å². The smallest absolute Gasteiger partial charge is 0.322 e. The molecular formula is C28H28FN3O3. The summed E-state index contributed by atoms with van der Waals surface area (Å²) in [5, 5.41) is 4.92. The summed E-state index contributed by atoms with van der Waals surface area (Å²) >= 11 is 0. The number of hydrogen-bond acceptors (Lipinski definition) is 3. The molecule has 0 aliphatic carbocycles. The Labute approximate surface area is 203 Å². The molecule has 3 aromatic carbocycles. The summed E-state index contributed by atoms with van der Waals surface area (Å²) < 4.78 is 18.8. The summed E-state index contributed by atoms with van der Waals surface area (Å²) in [6, 6.07) is 22.8. The fourth-order valence-corrected chi connectivity index (χ4v) is 3.95. The van der Waals surface area contributed by atoms with E-state index < -0.39 is 0 Å². The predicted octanol–water partition coefficient (Wildman–Crippen LogP) is 6.04. The van der Waals surface area contributed by atoms with Gasteiger partial charge in [-0.2, -0.15) is 0 Å². The van der Waals surface area contributed by atoms with E-state index in [1.165, 1.54) is 17.0 Å². The van der Waals surface area contributed by atoms with E-state index in [-0.39, 0.29) is 37.4 Å². The quantitative estimate of drug-likeness (QED) is 0.322. The number of urea groups is 1. The van der Waals surface area contributed by atoms with Crippen molar-refractivity contribution in [1.82, 2.24) is 9.80 Å². The van der Waals surface area contributed by atoms with Crippen LogP contribution in [0.4, 0.5) is 14.9 Å². The van der Waals surface area contributed by atoms with E-state index in [0.29, 0.717) is 24.4 Å². The molecule has 1 N–H and O–H groups in total. The van der Waals surface area contributed by atoms with Gasteiger partial charge in [0.2, 0.25) is 5.91 Å². The van der Waals surface area contributed by atoms with Crippen LogP contribution in [0, 0.1) is 5.82 Å². The van der Waals surface area contributed by atoms with Gasteiger partial charge in [-0.1, -0.05) is 55.5 Å². The van der Waals surface area contributed by atoms with Gasteiger partial charge in [0.05, 0.1) is 18.5 Å². The molecule has 0 bridgehead atoms. The first kappa shape index (κ1) is 24.0. The van der Waals surface area contributed by atoms with Gasteiger partial charge in [-0.25, -0.2) is 9.18 Å². The van der Waals surface area contributed by atoms with Crippen molar-refractivity contribution in [2.75, 3.05) is 18.4 Å². The number of amides is 3. The molecule has 0 saturated heterocycles. The monoisotopic (exact) mass is 473 g/mol. The highest BCUT2D eigenvalue weighted by atomic mass is 19.1. The number of halogens is 1. The number of carbonyl (C=O) groups excluding carboxylic acids is 2. The summed E-state index contributed by atoms with van der Waals surface area (Å²) in [4.78, 5) is 29.7. The molecule has 0 atom stereocenters. The first-order valence-electron chi connectivity index (χ1n) is 11.6. The zero-order chi connectivity index (χ0) is 24.6. The van der Waals surface area contributed by atoms with Gasteiger partial charge in [-0.3, -0.25) is 4.79 Å². The van der Waals surface area contributed by atoms with E-state index >= 15 is 0 Å². The minimum Gasteiger partial charge on any atom is -0.467 e. The molecule has 4 rings (SSSR count). The van der Waals surface area contributed by atoms with Crippen LogP contribution in [0.25, 0.3) is 10.8 Å². The number of furan rings is 1. The van der Waals surface area contributed by atoms with Crippen molar-refractivity contribution < 1.29 is 18.4 Å². The molecule has 1 aromatic heterocycles. The number of fused-ring (bicyclic) bond motifs is 1. The average molecular weight is 474 g/mol. The maximum Gasteiger partial charge on any atom is 0.322 e. The van der Waals surface area contributed by atoms with Crippen molar-refractivity contribution in [3.63, 3.8) is 0 Å². The molecular weight excluding hydrogens is 445 g/mol. The van der Waals surface area contributed by atoms with Crippen LogP contribution in [0.1, 0.15) is 24.7 Å². The van der Waals surface area contributed by atoms with E-state index in [2.05, 4.69) is 5.32 Å². The van der Waals surface area contributed by atoms with Gasteiger partial charge in [0, 0.05) is 18.5 Å². The molecule has 0 spiro atoms. The summed E-state index contributed by atoms with van der Waals surface area (Å²) in [6.45, 7) is 2.81. The molecule has 6 nitrogen and oxygen atoms in total. The normalized spacial score (nSPS) is 10.8. The standard InChI is InChI=1S/C28H28FN3O3/c1-2-16-31(28(34)30-26-11-5-8-22-7-3-4-10-25(22)26)20-27(33)32(19-24-9-6-17-35-24)18-21-12-14-23(29)15-13-21/h3-15,17H,2,16,18-20H2,1H3,(H,30,34). The zero-order valence-corrected chi connectivity index (χ0v) is 19.6. The van der Waals surface area contributed by atoms with E-state index in [1.54, 1.807) is 35.4 Å². The molecule has 0 saturated carbocycles. The van der Waals surface area contributed by atoms with Gasteiger partial charge >= 0.3 is 6.03 Å². The van der Waals surface area contributed by atoms with Gasteiger partial charge in [-0.15, -0.1) is 0 Å². The predicted molar refractivity (Wildman–Crippen MR) is 134 cm³/mol. The maximum absolute atomic E-state index is 13.4. The Morgan fingerprint density at radius 3 is 2.40 bits per heavy atom. The zero-order valence-electron chi connectivity index (χ0n) is 19.6. The molecule has 1 heterocycles. The lowest BCUT2D eigenvalue weighted by molar-refractivity contribution is -0.133. The molecule has 0 unspecified atom stereocenters. The first-order valence-corrected chi connectivity index (χ1v) is 11.6. The van der Waals surface area contributed by atoms with Gasteiger partial charge in [0.1, 0.15) is 18.1 Å². The lowest BCUT2D eigenvalue weighted by Crippen LogP contribution is -2.44. The lowest BCUT2D eigenvalue weighted by atomic mass is 10.1. The molecule has 0 radical (unpaired) electrons. The van der Waals surface area contributed by atoms with Gasteiger partial charge in [0.15, 0.2) is 0 Å². The highest BCUT2D eigenvalue weighted by Gasteiger charge is 2.22. The SMILES string of the molecule is CCCN(CC(=O)N(Cc1ccc(F)cc1)Cc1ccco1)C(=O)Nc1cccc2ccccc12. The Bertz CT molecular complexity index is 1270. The summed E-state index contributed by atoms with van der Waals surface area (Å²) in [6.07, 6.45) is 2.25. The highest BCUT2D eigenvalue weighted by Crippen LogP contribution is 2.23. The number of anilines is 1. The largest absolute Gasteiger partial charge is 0.467 e. The van der Waals surface area contributed by atoms with Gasteiger partial charge in [0.25, 0.3) is 0 Å². The van der Waals surface area contributed by atoms with Crippen LogP contribution in [-0.4, -0.2) is 34.8 Å². The minimum atomic E-state index is -0.337. The van der Waals surface area contributed by atoms with Crippen molar-refractivity contribution >= 4 is 28.4 Å². The Kier molecular flexibility index (Phi) is 7.77. The van der Waals surface area contributed by atoms with Crippen molar-refractivity contribution in [2.45, 2.75) is 26.4 Å². The maximum atomic E-state index is 13.4. The molecule has 35 heavy (non-hydrogen) atoms. The fourth-order valence-electron chi connectivity index (χ4n) is 3.95. The van der Waals surface area contributed by atoms with Gasteiger partial charge in [-0.05, 0) is 47.7 Å². The second kappa shape index (κ2) is 11.3. The van der Waals surface area contributed by atoms with Crippen LogP contribution >= 0.6 is 0 Å². The number of nitrogens with zero attached hydrogens (tertiary/aromatic N) is 2.